The van der Waals surface area contributed by atoms with Gasteiger partial charge in [-0.25, -0.2) is 4.79 Å². The molecule has 0 bridgehead atoms. The molecule has 3 unspecified atom stereocenters. The summed E-state index contributed by atoms with van der Waals surface area (Å²) in [6, 6.07) is 8.12. The number of fused-ring (bicyclic) bond motifs is 3. The molecule has 0 spiro atoms. The van der Waals surface area contributed by atoms with Gasteiger partial charge in [-0.2, -0.15) is 0 Å². The zero-order valence-electron chi connectivity index (χ0n) is 16.8. The molecule has 0 aliphatic carbocycles. The van der Waals surface area contributed by atoms with Gasteiger partial charge in [0.2, 0.25) is 0 Å². The molecule has 5 nitrogen and oxygen atoms in total. The molecule has 1 aromatic rings. The van der Waals surface area contributed by atoms with Gasteiger partial charge in [0.25, 0.3) is 0 Å². The molecule has 0 aromatic heterocycles. The lowest BCUT2D eigenvalue weighted by atomic mass is 9.83. The Morgan fingerprint density at radius 1 is 1.36 bits per heavy atom. The Bertz CT molecular complexity index is 831. The maximum atomic E-state index is 12.0. The van der Waals surface area contributed by atoms with Gasteiger partial charge in [-0.15, -0.1) is 0 Å². The topological polar surface area (TPSA) is 42.0 Å². The molecule has 3 rings (SSSR count). The Morgan fingerprint density at radius 2 is 2.04 bits per heavy atom. The first kappa shape index (κ1) is 20.5. The van der Waals surface area contributed by atoms with E-state index in [9.17, 15) is 4.79 Å². The standard InChI is InChI=1S/C22H27ClN2O3/c1-6-16(23)11-18-14(2)27-21-10-8-7-9-17(21)19-12-25(13-20(18)19)15(3)28-22(26)24(4)5/h6-11,15,19-20H,1,12-13H2,2-5H3/b16-11+. The Hall–Kier alpha value is -2.24. The number of ether oxygens (including phenoxy) is 2. The van der Waals surface area contributed by atoms with Crippen molar-refractivity contribution < 1.29 is 14.3 Å². The number of amides is 1. The van der Waals surface area contributed by atoms with Crippen LogP contribution >= 0.6 is 11.6 Å². The van der Waals surface area contributed by atoms with Crippen molar-refractivity contribution in [2.45, 2.75) is 26.0 Å². The molecule has 0 N–H and O–H groups in total. The molecule has 3 atom stereocenters. The normalized spacial score (nSPS) is 23.2. The number of benzene rings is 1. The summed E-state index contributed by atoms with van der Waals surface area (Å²) in [5.41, 5.74) is 2.22. The number of rotatable bonds is 4. The lowest BCUT2D eigenvalue weighted by Crippen LogP contribution is -2.38. The van der Waals surface area contributed by atoms with E-state index >= 15 is 0 Å². The molecule has 2 heterocycles. The molecule has 150 valence electrons. The number of carbonyl (C=O) groups is 1. The Labute approximate surface area is 171 Å². The third-order valence-corrected chi connectivity index (χ3v) is 5.64. The van der Waals surface area contributed by atoms with E-state index in [1.54, 1.807) is 20.2 Å². The van der Waals surface area contributed by atoms with Crippen molar-refractivity contribution in [3.8, 4) is 5.75 Å². The summed E-state index contributed by atoms with van der Waals surface area (Å²) in [7, 11) is 3.37. The molecule has 1 saturated heterocycles. The van der Waals surface area contributed by atoms with Crippen LogP contribution in [0.5, 0.6) is 5.75 Å². The van der Waals surface area contributed by atoms with E-state index in [-0.39, 0.29) is 24.2 Å². The summed E-state index contributed by atoms with van der Waals surface area (Å²) < 4.78 is 11.8. The van der Waals surface area contributed by atoms with Crippen molar-refractivity contribution in [1.82, 2.24) is 9.80 Å². The minimum atomic E-state index is -0.343. The van der Waals surface area contributed by atoms with E-state index < -0.39 is 0 Å². The monoisotopic (exact) mass is 402 g/mol. The van der Waals surface area contributed by atoms with Crippen molar-refractivity contribution in [3.63, 3.8) is 0 Å². The van der Waals surface area contributed by atoms with E-state index in [1.807, 2.05) is 38.1 Å². The van der Waals surface area contributed by atoms with Gasteiger partial charge in [0.05, 0.1) is 0 Å². The van der Waals surface area contributed by atoms with E-state index in [4.69, 9.17) is 21.1 Å². The number of carbonyl (C=O) groups excluding carboxylic acids is 1. The molecular formula is C22H27ClN2O3. The van der Waals surface area contributed by atoms with Crippen LogP contribution in [0.15, 0.2) is 59.4 Å². The Balaban J connectivity index is 1.96. The first-order valence-electron chi connectivity index (χ1n) is 9.41. The molecule has 0 radical (unpaired) electrons. The van der Waals surface area contributed by atoms with Gasteiger partial charge in [0, 0.05) is 44.1 Å². The maximum absolute atomic E-state index is 12.0. The van der Waals surface area contributed by atoms with Crippen molar-refractivity contribution in [1.29, 1.82) is 0 Å². The molecule has 6 heteroatoms. The number of hydrogen-bond acceptors (Lipinski definition) is 4. The Kier molecular flexibility index (Phi) is 6.16. The number of allylic oxidation sites excluding steroid dienone is 4. The maximum Gasteiger partial charge on any atom is 0.410 e. The highest BCUT2D eigenvalue weighted by Crippen LogP contribution is 2.46. The van der Waals surface area contributed by atoms with E-state index in [0.29, 0.717) is 5.03 Å². The second-order valence-corrected chi connectivity index (χ2v) is 7.87. The summed E-state index contributed by atoms with van der Waals surface area (Å²) in [4.78, 5) is 15.6. The second-order valence-electron chi connectivity index (χ2n) is 7.43. The summed E-state index contributed by atoms with van der Waals surface area (Å²) in [6.45, 7) is 9.15. The zero-order valence-corrected chi connectivity index (χ0v) is 17.6. The predicted octanol–water partition coefficient (Wildman–Crippen LogP) is 4.72. The third kappa shape index (κ3) is 4.10. The lowest BCUT2D eigenvalue weighted by molar-refractivity contribution is -0.00218. The van der Waals surface area contributed by atoms with Crippen molar-refractivity contribution in [2.24, 2.45) is 5.92 Å². The van der Waals surface area contributed by atoms with Crippen LogP contribution in [0.25, 0.3) is 0 Å². The van der Waals surface area contributed by atoms with Gasteiger partial charge in [-0.1, -0.05) is 42.5 Å². The predicted molar refractivity (Wildman–Crippen MR) is 111 cm³/mol. The molecular weight excluding hydrogens is 376 g/mol. The minimum Gasteiger partial charge on any atom is -0.461 e. The van der Waals surface area contributed by atoms with Gasteiger partial charge in [0.1, 0.15) is 11.5 Å². The SMILES string of the molecule is C=C/C(Cl)=C\C1=C(C)Oc2ccccc2C2CN(C(C)OC(=O)N(C)C)CC12. The van der Waals surface area contributed by atoms with Gasteiger partial charge in [-0.3, -0.25) is 4.90 Å². The summed E-state index contributed by atoms with van der Waals surface area (Å²) in [6.07, 6.45) is 2.90. The molecule has 1 amide bonds. The van der Waals surface area contributed by atoms with Gasteiger partial charge < -0.3 is 14.4 Å². The largest absolute Gasteiger partial charge is 0.461 e. The fraction of sp³-hybridized carbons (Fsp3) is 0.409. The first-order valence-corrected chi connectivity index (χ1v) is 9.78. The highest BCUT2D eigenvalue weighted by molar-refractivity contribution is 6.31. The summed E-state index contributed by atoms with van der Waals surface area (Å²) >= 11 is 6.29. The van der Waals surface area contributed by atoms with E-state index in [0.717, 1.165) is 30.2 Å². The number of likely N-dealkylation sites (tertiary alicyclic amines) is 1. The van der Waals surface area contributed by atoms with Gasteiger partial charge in [0.15, 0.2) is 6.23 Å². The van der Waals surface area contributed by atoms with Crippen LogP contribution in [0.4, 0.5) is 4.79 Å². The number of para-hydroxylation sites is 1. The Morgan fingerprint density at radius 3 is 2.71 bits per heavy atom. The highest BCUT2D eigenvalue weighted by Gasteiger charge is 2.42. The molecule has 28 heavy (non-hydrogen) atoms. The van der Waals surface area contributed by atoms with Crippen LogP contribution in [-0.2, 0) is 4.74 Å². The zero-order chi connectivity index (χ0) is 20.4. The van der Waals surface area contributed by atoms with Crippen LogP contribution in [-0.4, -0.2) is 49.3 Å². The second kappa shape index (κ2) is 8.41. The molecule has 2 aliphatic heterocycles. The van der Waals surface area contributed by atoms with Gasteiger partial charge in [-0.05, 0) is 37.1 Å². The minimum absolute atomic E-state index is 0.179. The first-order chi connectivity index (χ1) is 13.3. The van der Waals surface area contributed by atoms with Crippen molar-refractivity contribution in [3.05, 3.63) is 64.9 Å². The fourth-order valence-electron chi connectivity index (χ4n) is 3.87. The smallest absolute Gasteiger partial charge is 0.410 e. The average molecular weight is 403 g/mol. The fourth-order valence-corrected chi connectivity index (χ4v) is 3.99. The highest BCUT2D eigenvalue weighted by atomic mass is 35.5. The lowest BCUT2D eigenvalue weighted by Gasteiger charge is -2.26. The quantitative estimate of drug-likeness (QED) is 0.683. The molecule has 0 saturated carbocycles. The number of halogens is 1. The number of nitrogens with zero attached hydrogens (tertiary/aromatic N) is 2. The summed E-state index contributed by atoms with van der Waals surface area (Å²) in [5, 5.41) is 0.577. The van der Waals surface area contributed by atoms with Crippen LogP contribution < -0.4 is 4.74 Å². The van der Waals surface area contributed by atoms with Crippen molar-refractivity contribution >= 4 is 17.7 Å². The number of hydrogen-bond donors (Lipinski definition) is 0. The van der Waals surface area contributed by atoms with E-state index in [2.05, 4.69) is 17.5 Å². The van der Waals surface area contributed by atoms with Crippen LogP contribution in [0.3, 0.4) is 0 Å². The molecule has 1 fully saturated rings. The summed E-state index contributed by atoms with van der Waals surface area (Å²) in [5.74, 6) is 2.10. The van der Waals surface area contributed by atoms with Crippen molar-refractivity contribution in [2.75, 3.05) is 27.2 Å². The third-order valence-electron chi connectivity index (χ3n) is 5.37. The van der Waals surface area contributed by atoms with Crippen LogP contribution in [0.1, 0.15) is 25.3 Å². The van der Waals surface area contributed by atoms with Crippen LogP contribution in [0.2, 0.25) is 0 Å². The molecule has 2 aliphatic rings. The van der Waals surface area contributed by atoms with E-state index in [1.165, 1.54) is 10.5 Å². The van der Waals surface area contributed by atoms with Gasteiger partial charge >= 0.3 is 6.09 Å². The molecule has 1 aromatic carbocycles. The van der Waals surface area contributed by atoms with Crippen LogP contribution in [0, 0.1) is 5.92 Å². The average Bonchev–Trinajstić information content (AvgIpc) is 3.07.